The van der Waals surface area contributed by atoms with Crippen molar-refractivity contribution in [2.45, 2.75) is 32.0 Å². The molecule has 0 unspecified atom stereocenters. The maximum absolute atomic E-state index is 12.6. The van der Waals surface area contributed by atoms with Crippen LogP contribution in [0, 0.1) is 12.8 Å². The first-order valence-electron chi connectivity index (χ1n) is 9.96. The number of hydrogen-bond acceptors (Lipinski definition) is 6. The van der Waals surface area contributed by atoms with Gasteiger partial charge in [-0.3, -0.25) is 9.59 Å². The standard InChI is InChI=1S/C22H26N6O2S/c1-14(2)18(25-21(30)16-10-6-5-7-11-16)20-26-27-22(28(20)4)31-13-17(29)24-19-15(3)9-8-12-23-19/h5-12,14,18H,13H2,1-4H3,(H,25,30)(H,23,24,29)/t18-/m1/s1. The van der Waals surface area contributed by atoms with Gasteiger partial charge >= 0.3 is 0 Å². The molecule has 0 saturated carbocycles. The summed E-state index contributed by atoms with van der Waals surface area (Å²) in [5.74, 6) is 1.13. The largest absolute Gasteiger partial charge is 0.342 e. The van der Waals surface area contributed by atoms with E-state index < -0.39 is 0 Å². The molecule has 3 aromatic rings. The average Bonchev–Trinajstić information content (AvgIpc) is 3.12. The van der Waals surface area contributed by atoms with Crippen molar-refractivity contribution < 1.29 is 9.59 Å². The quantitative estimate of drug-likeness (QED) is 0.523. The van der Waals surface area contributed by atoms with Crippen LogP contribution in [-0.4, -0.2) is 37.3 Å². The lowest BCUT2D eigenvalue weighted by atomic mass is 10.0. The Morgan fingerprint density at radius 3 is 2.52 bits per heavy atom. The topological polar surface area (TPSA) is 102 Å². The van der Waals surface area contributed by atoms with Gasteiger partial charge in [0.1, 0.15) is 5.82 Å². The van der Waals surface area contributed by atoms with E-state index in [0.717, 1.165) is 5.56 Å². The Hall–Kier alpha value is -3.20. The van der Waals surface area contributed by atoms with Gasteiger partial charge in [-0.25, -0.2) is 4.98 Å². The maximum Gasteiger partial charge on any atom is 0.251 e. The van der Waals surface area contributed by atoms with Gasteiger partial charge in [-0.15, -0.1) is 10.2 Å². The van der Waals surface area contributed by atoms with Gasteiger partial charge in [-0.2, -0.15) is 0 Å². The van der Waals surface area contributed by atoms with E-state index in [-0.39, 0.29) is 29.5 Å². The lowest BCUT2D eigenvalue weighted by Gasteiger charge is -2.21. The third-order valence-corrected chi connectivity index (χ3v) is 5.76. The van der Waals surface area contributed by atoms with E-state index >= 15 is 0 Å². The first kappa shape index (κ1) is 22.5. The van der Waals surface area contributed by atoms with Gasteiger partial charge in [0.05, 0.1) is 11.8 Å². The first-order valence-corrected chi connectivity index (χ1v) is 10.9. The summed E-state index contributed by atoms with van der Waals surface area (Å²) in [5, 5.41) is 15.0. The molecule has 0 saturated heterocycles. The maximum atomic E-state index is 12.6. The first-order chi connectivity index (χ1) is 14.9. The van der Waals surface area contributed by atoms with Crippen molar-refractivity contribution in [3.05, 3.63) is 65.6 Å². The summed E-state index contributed by atoms with van der Waals surface area (Å²) in [5.41, 5.74) is 1.49. The van der Waals surface area contributed by atoms with Crippen LogP contribution in [0.1, 0.15) is 41.6 Å². The number of pyridine rings is 1. The highest BCUT2D eigenvalue weighted by Gasteiger charge is 2.25. The molecule has 2 heterocycles. The summed E-state index contributed by atoms with van der Waals surface area (Å²) in [6, 6.07) is 12.5. The van der Waals surface area contributed by atoms with E-state index in [0.29, 0.717) is 22.4 Å². The molecule has 1 aromatic carbocycles. The minimum absolute atomic E-state index is 0.101. The van der Waals surface area contributed by atoms with Crippen molar-refractivity contribution in [1.82, 2.24) is 25.1 Å². The Morgan fingerprint density at radius 1 is 1.10 bits per heavy atom. The molecule has 162 valence electrons. The number of anilines is 1. The van der Waals surface area contributed by atoms with E-state index in [1.165, 1.54) is 11.8 Å². The molecule has 1 atom stereocenters. The molecule has 0 radical (unpaired) electrons. The van der Waals surface area contributed by atoms with Gasteiger partial charge < -0.3 is 15.2 Å². The highest BCUT2D eigenvalue weighted by Crippen LogP contribution is 2.24. The summed E-state index contributed by atoms with van der Waals surface area (Å²) < 4.78 is 1.82. The number of benzene rings is 1. The minimum Gasteiger partial charge on any atom is -0.342 e. The Kier molecular flexibility index (Phi) is 7.41. The monoisotopic (exact) mass is 438 g/mol. The van der Waals surface area contributed by atoms with Gasteiger partial charge in [0.15, 0.2) is 11.0 Å². The lowest BCUT2D eigenvalue weighted by molar-refractivity contribution is -0.113. The Bertz CT molecular complexity index is 1050. The molecular weight excluding hydrogens is 412 g/mol. The van der Waals surface area contributed by atoms with Gasteiger partial charge in [0.25, 0.3) is 5.91 Å². The Balaban J connectivity index is 1.66. The van der Waals surface area contributed by atoms with E-state index in [9.17, 15) is 9.59 Å². The van der Waals surface area contributed by atoms with Gasteiger partial charge in [0.2, 0.25) is 5.91 Å². The van der Waals surface area contributed by atoms with Crippen molar-refractivity contribution in [3.63, 3.8) is 0 Å². The lowest BCUT2D eigenvalue weighted by Crippen LogP contribution is -2.33. The van der Waals surface area contributed by atoms with E-state index in [1.807, 2.05) is 62.7 Å². The number of amides is 2. The highest BCUT2D eigenvalue weighted by atomic mass is 32.2. The zero-order valence-electron chi connectivity index (χ0n) is 18.0. The molecule has 0 aliphatic rings. The molecule has 31 heavy (non-hydrogen) atoms. The van der Waals surface area contributed by atoms with E-state index in [1.54, 1.807) is 18.3 Å². The minimum atomic E-state index is -0.315. The Morgan fingerprint density at radius 2 is 1.84 bits per heavy atom. The molecule has 8 nitrogen and oxygen atoms in total. The normalized spacial score (nSPS) is 11.9. The number of aromatic nitrogens is 4. The fraction of sp³-hybridized carbons (Fsp3) is 0.318. The van der Waals surface area contributed by atoms with Crippen LogP contribution in [0.2, 0.25) is 0 Å². The molecule has 2 N–H and O–H groups in total. The number of carbonyl (C=O) groups excluding carboxylic acids is 2. The van der Waals surface area contributed by atoms with Crippen molar-refractivity contribution >= 4 is 29.4 Å². The second-order valence-corrected chi connectivity index (χ2v) is 8.41. The summed E-state index contributed by atoms with van der Waals surface area (Å²) in [6.45, 7) is 5.92. The van der Waals surface area contributed by atoms with Crippen molar-refractivity contribution in [3.8, 4) is 0 Å². The Labute approximate surface area is 185 Å². The number of hydrogen-bond donors (Lipinski definition) is 2. The molecule has 0 aliphatic heterocycles. The number of carbonyl (C=O) groups is 2. The van der Waals surface area contributed by atoms with Crippen LogP contribution >= 0.6 is 11.8 Å². The predicted octanol–water partition coefficient (Wildman–Crippen LogP) is 3.38. The number of rotatable bonds is 8. The van der Waals surface area contributed by atoms with Crippen LogP contribution in [0.25, 0.3) is 0 Å². The van der Waals surface area contributed by atoms with Crippen molar-refractivity contribution in [2.24, 2.45) is 13.0 Å². The summed E-state index contributed by atoms with van der Waals surface area (Å²) in [6.07, 6.45) is 1.64. The fourth-order valence-electron chi connectivity index (χ4n) is 2.98. The zero-order valence-corrected chi connectivity index (χ0v) is 18.8. The molecule has 0 fully saturated rings. The van der Waals surface area contributed by atoms with Crippen molar-refractivity contribution in [1.29, 1.82) is 0 Å². The van der Waals surface area contributed by atoms with Crippen LogP contribution in [0.15, 0.2) is 53.8 Å². The number of nitrogens with zero attached hydrogens (tertiary/aromatic N) is 4. The highest BCUT2D eigenvalue weighted by molar-refractivity contribution is 7.99. The van der Waals surface area contributed by atoms with Crippen LogP contribution in [0.5, 0.6) is 0 Å². The smallest absolute Gasteiger partial charge is 0.251 e. The molecule has 2 amide bonds. The van der Waals surface area contributed by atoms with Gasteiger partial charge in [0, 0.05) is 18.8 Å². The zero-order chi connectivity index (χ0) is 22.4. The second-order valence-electron chi connectivity index (χ2n) is 7.47. The van der Waals surface area contributed by atoms with E-state index in [2.05, 4.69) is 25.8 Å². The number of aryl methyl sites for hydroxylation is 1. The number of nitrogens with one attached hydrogen (secondary N) is 2. The van der Waals surface area contributed by atoms with Gasteiger partial charge in [-0.1, -0.05) is 49.9 Å². The molecule has 2 aromatic heterocycles. The molecule has 0 spiro atoms. The van der Waals surface area contributed by atoms with Crippen molar-refractivity contribution in [2.75, 3.05) is 11.1 Å². The third-order valence-electron chi connectivity index (χ3n) is 4.74. The molecule has 0 bridgehead atoms. The van der Waals surface area contributed by atoms with E-state index in [4.69, 9.17) is 0 Å². The van der Waals surface area contributed by atoms with Crippen LogP contribution in [0.4, 0.5) is 5.82 Å². The SMILES string of the molecule is Cc1cccnc1NC(=O)CSc1nnc([C@H](NC(=O)c2ccccc2)C(C)C)n1C. The average molecular weight is 439 g/mol. The van der Waals surface area contributed by atoms with Crippen LogP contribution in [-0.2, 0) is 11.8 Å². The number of thioether (sulfide) groups is 1. The summed E-state index contributed by atoms with van der Waals surface area (Å²) >= 11 is 1.28. The fourth-order valence-corrected chi connectivity index (χ4v) is 3.70. The molecule has 0 aliphatic carbocycles. The molecule has 9 heteroatoms. The molecule has 3 rings (SSSR count). The van der Waals surface area contributed by atoms with Crippen LogP contribution in [0.3, 0.4) is 0 Å². The molecular formula is C22H26N6O2S. The summed E-state index contributed by atoms with van der Waals surface area (Å²) in [7, 11) is 1.84. The van der Waals surface area contributed by atoms with Gasteiger partial charge in [-0.05, 0) is 36.6 Å². The van der Waals surface area contributed by atoms with Crippen LogP contribution < -0.4 is 10.6 Å². The third kappa shape index (κ3) is 5.69. The second kappa shape index (κ2) is 10.2. The summed E-state index contributed by atoms with van der Waals surface area (Å²) in [4.78, 5) is 29.1. The predicted molar refractivity (Wildman–Crippen MR) is 121 cm³/mol.